The van der Waals surface area contributed by atoms with Crippen LogP contribution in [0.2, 0.25) is 0 Å². The highest BCUT2D eigenvalue weighted by Crippen LogP contribution is 2.25. The quantitative estimate of drug-likeness (QED) is 0.789. The summed E-state index contributed by atoms with van der Waals surface area (Å²) in [6.07, 6.45) is 5.50. The Bertz CT molecular complexity index is 394. The molecule has 0 aromatic heterocycles. The second kappa shape index (κ2) is 5.67. The highest BCUT2D eigenvalue weighted by molar-refractivity contribution is 5.44. The molecule has 0 saturated heterocycles. The van der Waals surface area contributed by atoms with Gasteiger partial charge >= 0.3 is 0 Å². The second-order valence-corrected chi connectivity index (χ2v) is 4.63. The average Bonchev–Trinajstić information content (AvgIpc) is 2.57. The molecule has 2 unspecified atom stereocenters. The van der Waals surface area contributed by atoms with Gasteiger partial charge in [-0.25, -0.2) is 4.39 Å². The number of anilines is 1. The Morgan fingerprint density at radius 2 is 1.82 bits per heavy atom. The molecule has 1 aliphatic rings. The van der Waals surface area contributed by atoms with Crippen LogP contribution in [0.4, 0.5) is 10.1 Å². The molecule has 2 atom stereocenters. The van der Waals surface area contributed by atoms with Crippen molar-refractivity contribution in [3.05, 3.63) is 30.1 Å². The van der Waals surface area contributed by atoms with E-state index in [-0.39, 0.29) is 17.8 Å². The summed E-state index contributed by atoms with van der Waals surface area (Å²) in [7, 11) is 0. The van der Waals surface area contributed by atoms with Gasteiger partial charge in [-0.2, -0.15) is 5.26 Å². The van der Waals surface area contributed by atoms with Gasteiger partial charge < -0.3 is 5.32 Å². The van der Waals surface area contributed by atoms with E-state index in [0.717, 1.165) is 31.4 Å². The minimum atomic E-state index is -0.228. The third-order valence-electron chi connectivity index (χ3n) is 3.38. The van der Waals surface area contributed by atoms with Gasteiger partial charge in [-0.1, -0.05) is 19.3 Å². The lowest BCUT2D eigenvalue weighted by Gasteiger charge is -2.22. The Labute approximate surface area is 101 Å². The fraction of sp³-hybridized carbons (Fsp3) is 0.500. The first kappa shape index (κ1) is 11.9. The first-order valence-corrected chi connectivity index (χ1v) is 6.21. The van der Waals surface area contributed by atoms with Gasteiger partial charge in [0.2, 0.25) is 0 Å². The lowest BCUT2D eigenvalue weighted by molar-refractivity contribution is 0.514. The molecule has 1 aromatic rings. The zero-order valence-electron chi connectivity index (χ0n) is 9.82. The zero-order chi connectivity index (χ0) is 12.1. The van der Waals surface area contributed by atoms with Crippen molar-refractivity contribution in [1.29, 1.82) is 5.26 Å². The Morgan fingerprint density at radius 1 is 1.12 bits per heavy atom. The van der Waals surface area contributed by atoms with Crippen LogP contribution in [-0.2, 0) is 0 Å². The molecule has 0 spiro atoms. The van der Waals surface area contributed by atoms with Crippen LogP contribution in [0.15, 0.2) is 24.3 Å². The summed E-state index contributed by atoms with van der Waals surface area (Å²) in [5, 5.41) is 12.5. The molecule has 0 amide bonds. The molecule has 90 valence electrons. The summed E-state index contributed by atoms with van der Waals surface area (Å²) in [4.78, 5) is 0. The third kappa shape index (κ3) is 3.20. The summed E-state index contributed by atoms with van der Waals surface area (Å²) in [6, 6.07) is 8.94. The molecule has 3 heteroatoms. The van der Waals surface area contributed by atoms with E-state index in [1.165, 1.54) is 18.6 Å². The number of nitriles is 1. The summed E-state index contributed by atoms with van der Waals surface area (Å²) < 4.78 is 12.8. The zero-order valence-corrected chi connectivity index (χ0v) is 9.82. The van der Waals surface area contributed by atoms with Crippen LogP contribution >= 0.6 is 0 Å². The van der Waals surface area contributed by atoms with E-state index in [9.17, 15) is 4.39 Å². The molecule has 1 fully saturated rings. The van der Waals surface area contributed by atoms with Crippen LogP contribution in [0.25, 0.3) is 0 Å². The smallest absolute Gasteiger partial charge is 0.123 e. The van der Waals surface area contributed by atoms with Gasteiger partial charge in [-0.05, 0) is 37.1 Å². The summed E-state index contributed by atoms with van der Waals surface area (Å²) >= 11 is 0. The number of benzene rings is 1. The molecule has 1 saturated carbocycles. The summed E-state index contributed by atoms with van der Waals surface area (Å²) in [6.45, 7) is 0. The van der Waals surface area contributed by atoms with Gasteiger partial charge in [0.25, 0.3) is 0 Å². The lowest BCUT2D eigenvalue weighted by atomic mass is 9.96. The molecule has 0 bridgehead atoms. The minimum Gasteiger partial charge on any atom is -0.381 e. The van der Waals surface area contributed by atoms with Gasteiger partial charge in [0.1, 0.15) is 5.82 Å². The molecule has 17 heavy (non-hydrogen) atoms. The average molecular weight is 232 g/mol. The van der Waals surface area contributed by atoms with Crippen molar-refractivity contribution in [2.75, 3.05) is 5.32 Å². The van der Waals surface area contributed by atoms with Gasteiger partial charge in [0.15, 0.2) is 0 Å². The number of halogens is 1. The van der Waals surface area contributed by atoms with E-state index in [1.807, 2.05) is 0 Å². The molecular weight excluding hydrogens is 215 g/mol. The molecule has 1 N–H and O–H groups in total. The lowest BCUT2D eigenvalue weighted by Crippen LogP contribution is -2.27. The number of nitrogens with zero attached hydrogens (tertiary/aromatic N) is 1. The summed E-state index contributed by atoms with van der Waals surface area (Å²) in [5.74, 6) is -0.157. The Morgan fingerprint density at radius 3 is 2.53 bits per heavy atom. The maximum absolute atomic E-state index is 12.8. The van der Waals surface area contributed by atoms with Crippen molar-refractivity contribution in [2.45, 2.75) is 38.1 Å². The van der Waals surface area contributed by atoms with Gasteiger partial charge in [-0.3, -0.25) is 0 Å². The Hall–Kier alpha value is -1.56. The van der Waals surface area contributed by atoms with Crippen LogP contribution in [0.1, 0.15) is 32.1 Å². The maximum Gasteiger partial charge on any atom is 0.123 e. The van der Waals surface area contributed by atoms with Crippen molar-refractivity contribution < 1.29 is 4.39 Å². The van der Waals surface area contributed by atoms with E-state index >= 15 is 0 Å². The fourth-order valence-corrected chi connectivity index (χ4v) is 2.40. The topological polar surface area (TPSA) is 35.8 Å². The van der Waals surface area contributed by atoms with Gasteiger partial charge in [-0.15, -0.1) is 0 Å². The third-order valence-corrected chi connectivity index (χ3v) is 3.38. The van der Waals surface area contributed by atoms with E-state index in [4.69, 9.17) is 5.26 Å². The molecule has 1 aliphatic carbocycles. The number of nitrogens with one attached hydrogen (secondary N) is 1. The highest BCUT2D eigenvalue weighted by Gasteiger charge is 2.23. The van der Waals surface area contributed by atoms with Crippen LogP contribution < -0.4 is 5.32 Å². The number of hydrogen-bond acceptors (Lipinski definition) is 2. The summed E-state index contributed by atoms with van der Waals surface area (Å²) in [5.41, 5.74) is 0.901. The van der Waals surface area contributed by atoms with Crippen molar-refractivity contribution in [3.8, 4) is 6.07 Å². The van der Waals surface area contributed by atoms with Crippen LogP contribution in [0.5, 0.6) is 0 Å². The predicted octanol–water partition coefficient (Wildman–Crippen LogP) is 3.71. The van der Waals surface area contributed by atoms with Crippen molar-refractivity contribution in [3.63, 3.8) is 0 Å². The molecule has 1 aromatic carbocycles. The Kier molecular flexibility index (Phi) is 3.98. The molecular formula is C14H17FN2. The van der Waals surface area contributed by atoms with E-state index < -0.39 is 0 Å². The molecule has 0 heterocycles. The standard InChI is InChI=1S/C14H17FN2/c15-12-6-8-13(9-7-12)17-14-5-3-1-2-4-11(14)10-16/h6-9,11,14,17H,1-5H2. The van der Waals surface area contributed by atoms with Crippen LogP contribution in [0, 0.1) is 23.1 Å². The highest BCUT2D eigenvalue weighted by atomic mass is 19.1. The van der Waals surface area contributed by atoms with Gasteiger partial charge in [0, 0.05) is 11.7 Å². The first-order chi connectivity index (χ1) is 8.29. The normalized spacial score (nSPS) is 24.7. The van der Waals surface area contributed by atoms with Crippen molar-refractivity contribution >= 4 is 5.69 Å². The maximum atomic E-state index is 12.8. The van der Waals surface area contributed by atoms with E-state index in [0.29, 0.717) is 0 Å². The van der Waals surface area contributed by atoms with Crippen LogP contribution in [-0.4, -0.2) is 6.04 Å². The van der Waals surface area contributed by atoms with Crippen molar-refractivity contribution in [1.82, 2.24) is 0 Å². The molecule has 0 radical (unpaired) electrons. The Balaban J connectivity index is 2.05. The number of rotatable bonds is 2. The SMILES string of the molecule is N#CC1CCCCCC1Nc1ccc(F)cc1. The minimum absolute atomic E-state index is 0.0718. The first-order valence-electron chi connectivity index (χ1n) is 6.21. The second-order valence-electron chi connectivity index (χ2n) is 4.63. The predicted molar refractivity (Wildman–Crippen MR) is 66.0 cm³/mol. The monoisotopic (exact) mass is 232 g/mol. The van der Waals surface area contributed by atoms with Crippen LogP contribution in [0.3, 0.4) is 0 Å². The fourth-order valence-electron chi connectivity index (χ4n) is 2.40. The van der Waals surface area contributed by atoms with Gasteiger partial charge in [0.05, 0.1) is 12.0 Å². The molecule has 2 rings (SSSR count). The van der Waals surface area contributed by atoms with E-state index in [2.05, 4.69) is 11.4 Å². The molecule has 0 aliphatic heterocycles. The molecule has 2 nitrogen and oxygen atoms in total. The van der Waals surface area contributed by atoms with E-state index in [1.54, 1.807) is 12.1 Å². The largest absolute Gasteiger partial charge is 0.381 e. The van der Waals surface area contributed by atoms with Crippen molar-refractivity contribution in [2.24, 2.45) is 5.92 Å². The number of hydrogen-bond donors (Lipinski definition) is 1.